The Morgan fingerprint density at radius 1 is 1.50 bits per heavy atom. The van der Waals surface area contributed by atoms with E-state index in [0.717, 1.165) is 24.2 Å². The summed E-state index contributed by atoms with van der Waals surface area (Å²) in [5, 5.41) is 17.3. The van der Waals surface area contributed by atoms with Crippen LogP contribution in [0.4, 0.5) is 0 Å². The molecule has 2 aromatic heterocycles. The van der Waals surface area contributed by atoms with Crippen LogP contribution in [0.15, 0.2) is 30.6 Å². The normalized spacial score (nSPS) is 15.7. The molecule has 0 aromatic carbocycles. The van der Waals surface area contributed by atoms with E-state index in [9.17, 15) is 5.11 Å². The number of hydrogen-bond donors (Lipinski definition) is 2. The van der Waals surface area contributed by atoms with E-state index in [1.807, 2.05) is 22.8 Å². The number of nitrogens with one attached hydrogen (secondary N) is 1. The second-order valence-corrected chi connectivity index (χ2v) is 5.71. The van der Waals surface area contributed by atoms with Crippen LogP contribution in [0.25, 0.3) is 11.1 Å². The Hall–Kier alpha value is -1.85. The highest BCUT2D eigenvalue weighted by Crippen LogP contribution is 2.26. The summed E-state index contributed by atoms with van der Waals surface area (Å²) in [5.74, 6) is 0.714. The summed E-state index contributed by atoms with van der Waals surface area (Å²) in [4.78, 5) is 0. The molecule has 5 heteroatoms. The molecule has 1 aliphatic heterocycles. The van der Waals surface area contributed by atoms with Crippen LogP contribution < -0.4 is 10.1 Å². The molecule has 0 unspecified atom stereocenters. The van der Waals surface area contributed by atoms with Gasteiger partial charge in [-0.05, 0) is 31.6 Å². The monoisotopic (exact) mass is 273 g/mol. The van der Waals surface area contributed by atoms with E-state index in [4.69, 9.17) is 4.74 Å². The fourth-order valence-electron chi connectivity index (χ4n) is 2.28. The predicted molar refractivity (Wildman–Crippen MR) is 77.8 cm³/mol. The van der Waals surface area contributed by atoms with E-state index in [1.165, 1.54) is 5.57 Å². The minimum Gasteiger partial charge on any atom is -0.489 e. The summed E-state index contributed by atoms with van der Waals surface area (Å²) < 4.78 is 7.50. The Morgan fingerprint density at radius 2 is 2.35 bits per heavy atom. The molecule has 0 amide bonds. The lowest BCUT2D eigenvalue weighted by Gasteiger charge is -2.18. The lowest BCUT2D eigenvalue weighted by Crippen LogP contribution is -2.28. The van der Waals surface area contributed by atoms with Crippen molar-refractivity contribution in [2.24, 2.45) is 0 Å². The molecule has 106 valence electrons. The van der Waals surface area contributed by atoms with Crippen LogP contribution in [0.3, 0.4) is 0 Å². The fraction of sp³-hybridized carbons (Fsp3) is 0.400. The first-order valence-corrected chi connectivity index (χ1v) is 6.76. The van der Waals surface area contributed by atoms with Crippen LogP contribution in [0, 0.1) is 0 Å². The van der Waals surface area contributed by atoms with Crippen molar-refractivity contribution in [1.82, 2.24) is 14.9 Å². The van der Waals surface area contributed by atoms with Gasteiger partial charge in [0.1, 0.15) is 12.4 Å². The van der Waals surface area contributed by atoms with Gasteiger partial charge in [0.2, 0.25) is 0 Å². The third-order valence-corrected chi connectivity index (χ3v) is 3.23. The number of pyridine rings is 1. The highest BCUT2D eigenvalue weighted by molar-refractivity contribution is 5.80. The topological polar surface area (TPSA) is 58.8 Å². The number of ether oxygens (including phenoxy) is 1. The summed E-state index contributed by atoms with van der Waals surface area (Å²) in [6.45, 7) is 5.45. The van der Waals surface area contributed by atoms with Crippen molar-refractivity contribution in [3.63, 3.8) is 0 Å². The molecule has 2 aromatic rings. The van der Waals surface area contributed by atoms with Gasteiger partial charge >= 0.3 is 0 Å². The maximum Gasteiger partial charge on any atom is 0.138 e. The standard InChI is InChI=1S/C15H19N3O2/c1-15(2,19)10-20-12-7-13(11-3-5-16-8-11)14-4-6-17-18(14)9-12/h3-4,6-7,9,16,19H,5,8,10H2,1-2H3. The maximum absolute atomic E-state index is 9.76. The number of aliphatic hydroxyl groups is 1. The molecule has 0 spiro atoms. The average Bonchev–Trinajstić information content (AvgIpc) is 3.05. The van der Waals surface area contributed by atoms with E-state index in [-0.39, 0.29) is 6.61 Å². The first-order chi connectivity index (χ1) is 9.53. The largest absolute Gasteiger partial charge is 0.489 e. The molecule has 0 bridgehead atoms. The summed E-state index contributed by atoms with van der Waals surface area (Å²) in [7, 11) is 0. The smallest absolute Gasteiger partial charge is 0.138 e. The Kier molecular flexibility index (Phi) is 3.23. The van der Waals surface area contributed by atoms with Crippen molar-refractivity contribution in [2.75, 3.05) is 19.7 Å². The van der Waals surface area contributed by atoms with Gasteiger partial charge in [0.05, 0.1) is 23.5 Å². The number of aromatic nitrogens is 2. The highest BCUT2D eigenvalue weighted by Gasteiger charge is 2.16. The number of hydrogen-bond acceptors (Lipinski definition) is 4. The summed E-state index contributed by atoms with van der Waals surface area (Å²) in [6.07, 6.45) is 5.80. The number of fused-ring (bicyclic) bond motifs is 1. The van der Waals surface area contributed by atoms with Crippen LogP contribution >= 0.6 is 0 Å². The van der Waals surface area contributed by atoms with Gasteiger partial charge in [-0.15, -0.1) is 0 Å². The molecular weight excluding hydrogens is 254 g/mol. The second kappa shape index (κ2) is 4.92. The zero-order valence-electron chi connectivity index (χ0n) is 11.8. The van der Waals surface area contributed by atoms with E-state index in [2.05, 4.69) is 16.5 Å². The molecule has 3 rings (SSSR count). The number of rotatable bonds is 4. The molecule has 3 heterocycles. The van der Waals surface area contributed by atoms with Gasteiger partial charge in [-0.25, -0.2) is 4.52 Å². The molecule has 20 heavy (non-hydrogen) atoms. The van der Waals surface area contributed by atoms with Gasteiger partial charge in [0.25, 0.3) is 0 Å². The van der Waals surface area contributed by atoms with Crippen molar-refractivity contribution >= 4 is 11.1 Å². The molecule has 0 aliphatic carbocycles. The molecule has 0 fully saturated rings. The second-order valence-electron chi connectivity index (χ2n) is 5.71. The quantitative estimate of drug-likeness (QED) is 0.885. The Bertz CT molecular complexity index is 653. The van der Waals surface area contributed by atoms with Gasteiger partial charge in [0, 0.05) is 18.7 Å². The molecule has 1 aliphatic rings. The maximum atomic E-state index is 9.76. The average molecular weight is 273 g/mol. The summed E-state index contributed by atoms with van der Waals surface area (Å²) >= 11 is 0. The van der Waals surface area contributed by atoms with Crippen LogP contribution in [0.2, 0.25) is 0 Å². The zero-order valence-corrected chi connectivity index (χ0v) is 11.8. The molecule has 0 radical (unpaired) electrons. The molecule has 5 nitrogen and oxygen atoms in total. The third kappa shape index (κ3) is 2.69. The van der Waals surface area contributed by atoms with Crippen LogP contribution in [-0.4, -0.2) is 40.0 Å². The molecular formula is C15H19N3O2. The van der Waals surface area contributed by atoms with Crippen LogP contribution in [-0.2, 0) is 0 Å². The van der Waals surface area contributed by atoms with Gasteiger partial charge in [-0.1, -0.05) is 6.08 Å². The summed E-state index contributed by atoms with van der Waals surface area (Å²) in [5.41, 5.74) is 2.59. The van der Waals surface area contributed by atoms with Crippen molar-refractivity contribution in [3.05, 3.63) is 36.2 Å². The van der Waals surface area contributed by atoms with E-state index in [1.54, 1.807) is 20.0 Å². The van der Waals surface area contributed by atoms with E-state index < -0.39 is 5.60 Å². The van der Waals surface area contributed by atoms with Crippen molar-refractivity contribution in [1.29, 1.82) is 0 Å². The molecule has 0 atom stereocenters. The Balaban J connectivity index is 1.97. The summed E-state index contributed by atoms with van der Waals surface area (Å²) in [6, 6.07) is 4.01. The van der Waals surface area contributed by atoms with Crippen molar-refractivity contribution < 1.29 is 9.84 Å². The molecule has 0 saturated heterocycles. The van der Waals surface area contributed by atoms with Crippen molar-refractivity contribution in [3.8, 4) is 5.75 Å². The third-order valence-electron chi connectivity index (χ3n) is 3.23. The SMILES string of the molecule is CC(C)(O)COc1cc(C2=CCNC2)c2ccnn2c1. The first-order valence-electron chi connectivity index (χ1n) is 6.76. The lowest BCUT2D eigenvalue weighted by atomic mass is 10.1. The Labute approximate surface area is 117 Å². The fourth-order valence-corrected chi connectivity index (χ4v) is 2.28. The van der Waals surface area contributed by atoms with E-state index >= 15 is 0 Å². The molecule has 2 N–H and O–H groups in total. The highest BCUT2D eigenvalue weighted by atomic mass is 16.5. The van der Waals surface area contributed by atoms with Crippen molar-refractivity contribution in [2.45, 2.75) is 19.4 Å². The Morgan fingerprint density at radius 3 is 3.05 bits per heavy atom. The van der Waals surface area contributed by atoms with Gasteiger partial charge in [0.15, 0.2) is 0 Å². The van der Waals surface area contributed by atoms with Crippen LogP contribution in [0.5, 0.6) is 5.75 Å². The van der Waals surface area contributed by atoms with E-state index in [0.29, 0.717) is 5.75 Å². The van der Waals surface area contributed by atoms with Gasteiger partial charge in [-0.2, -0.15) is 5.10 Å². The predicted octanol–water partition coefficient (Wildman–Crippen LogP) is 1.47. The number of nitrogens with zero attached hydrogens (tertiary/aromatic N) is 2. The minimum atomic E-state index is -0.854. The zero-order chi connectivity index (χ0) is 14.2. The van der Waals surface area contributed by atoms with Gasteiger partial charge in [-0.3, -0.25) is 0 Å². The minimum absolute atomic E-state index is 0.247. The molecule has 0 saturated carbocycles. The first kappa shape index (κ1) is 13.1. The van der Waals surface area contributed by atoms with Crippen LogP contribution in [0.1, 0.15) is 19.4 Å². The van der Waals surface area contributed by atoms with Gasteiger partial charge < -0.3 is 15.2 Å². The lowest BCUT2D eigenvalue weighted by molar-refractivity contribution is 0.0283.